The van der Waals surface area contributed by atoms with E-state index in [4.69, 9.17) is 4.74 Å². The molecule has 0 heterocycles. The number of para-hydroxylation sites is 1. The summed E-state index contributed by atoms with van der Waals surface area (Å²) in [4.78, 5) is 41.0. The highest BCUT2D eigenvalue weighted by Crippen LogP contribution is 2.34. The maximum Gasteiger partial charge on any atom is 0.408 e. The fourth-order valence-corrected chi connectivity index (χ4v) is 3.76. The molecule has 0 aliphatic heterocycles. The Hall–Kier alpha value is -2.81. The van der Waals surface area contributed by atoms with Crippen LogP contribution in [0.1, 0.15) is 84.9 Å². The van der Waals surface area contributed by atoms with Crippen molar-refractivity contribution in [1.82, 2.24) is 15.5 Å². The van der Waals surface area contributed by atoms with Crippen molar-refractivity contribution in [3.63, 3.8) is 0 Å². The Labute approximate surface area is 209 Å². The number of hydrogen-bond donors (Lipinski definition) is 4. The number of amides is 3. The average Bonchev–Trinajstić information content (AvgIpc) is 2.75. The number of carbonyl (C=O) groups is 3. The first-order valence-electron chi connectivity index (χ1n) is 12.3. The number of nitrogens with one attached hydrogen (secondary N) is 2. The van der Waals surface area contributed by atoms with Crippen molar-refractivity contribution < 1.29 is 29.3 Å². The Morgan fingerprint density at radius 1 is 1.11 bits per heavy atom. The van der Waals surface area contributed by atoms with Crippen molar-refractivity contribution in [2.24, 2.45) is 0 Å². The topological polar surface area (TPSA) is 128 Å². The van der Waals surface area contributed by atoms with Crippen molar-refractivity contribution >= 4 is 17.9 Å². The van der Waals surface area contributed by atoms with Crippen molar-refractivity contribution in [2.75, 3.05) is 6.61 Å². The van der Waals surface area contributed by atoms with E-state index in [2.05, 4.69) is 10.6 Å². The second-order valence-electron chi connectivity index (χ2n) is 10.00. The average molecular weight is 494 g/mol. The number of benzene rings is 1. The second-order valence-corrected chi connectivity index (χ2v) is 10.00. The number of nitrogens with zero attached hydrogens (tertiary/aromatic N) is 1. The lowest BCUT2D eigenvalue weighted by molar-refractivity contribution is -0.146. The van der Waals surface area contributed by atoms with Gasteiger partial charge < -0.3 is 30.5 Å². The molecule has 1 aromatic carbocycles. The lowest BCUT2D eigenvalue weighted by Crippen LogP contribution is -2.57. The molecule has 198 valence electrons. The highest BCUT2D eigenvalue weighted by atomic mass is 16.6. The molecule has 0 aliphatic rings. The van der Waals surface area contributed by atoms with Crippen LogP contribution in [-0.4, -0.2) is 63.4 Å². The van der Waals surface area contributed by atoms with Crippen LogP contribution in [0, 0.1) is 6.92 Å². The third-order valence-electron chi connectivity index (χ3n) is 5.69. The van der Waals surface area contributed by atoms with Gasteiger partial charge in [-0.25, -0.2) is 4.79 Å². The van der Waals surface area contributed by atoms with Crippen LogP contribution < -0.4 is 10.6 Å². The Bertz CT molecular complexity index is 867. The summed E-state index contributed by atoms with van der Waals surface area (Å²) in [5.41, 5.74) is 0.0344. The minimum atomic E-state index is -1.34. The third-order valence-corrected chi connectivity index (χ3v) is 5.69. The Morgan fingerprint density at radius 3 is 2.26 bits per heavy atom. The number of phenols is 1. The van der Waals surface area contributed by atoms with Crippen LogP contribution in [0.3, 0.4) is 0 Å². The molecule has 0 spiro atoms. The van der Waals surface area contributed by atoms with E-state index in [9.17, 15) is 24.6 Å². The molecule has 4 atom stereocenters. The molecule has 0 saturated carbocycles. The molecule has 0 aromatic heterocycles. The lowest BCUT2D eigenvalue weighted by atomic mass is 9.97. The predicted octanol–water partition coefficient (Wildman–Crippen LogP) is 3.56. The van der Waals surface area contributed by atoms with Gasteiger partial charge in [-0.15, -0.1) is 0 Å². The van der Waals surface area contributed by atoms with Gasteiger partial charge in [-0.2, -0.15) is 0 Å². The Kier molecular flexibility index (Phi) is 11.5. The Morgan fingerprint density at radius 2 is 1.74 bits per heavy atom. The molecule has 0 aliphatic carbocycles. The van der Waals surface area contributed by atoms with Crippen LogP contribution in [0.5, 0.6) is 5.75 Å². The van der Waals surface area contributed by atoms with Crippen LogP contribution in [0.4, 0.5) is 4.79 Å². The molecule has 9 heteroatoms. The van der Waals surface area contributed by atoms with Gasteiger partial charge in [0.15, 0.2) is 0 Å². The minimum absolute atomic E-state index is 0.0856. The summed E-state index contributed by atoms with van der Waals surface area (Å²) >= 11 is 0. The van der Waals surface area contributed by atoms with E-state index in [1.807, 2.05) is 20.8 Å². The van der Waals surface area contributed by atoms with Gasteiger partial charge in [0.1, 0.15) is 23.4 Å². The number of rotatable bonds is 11. The maximum absolute atomic E-state index is 13.7. The summed E-state index contributed by atoms with van der Waals surface area (Å²) < 4.78 is 5.24. The van der Waals surface area contributed by atoms with E-state index >= 15 is 0 Å². The molecule has 3 amide bonds. The summed E-state index contributed by atoms with van der Waals surface area (Å²) in [5, 5.41) is 26.2. The number of hydrogen-bond acceptors (Lipinski definition) is 6. The van der Waals surface area contributed by atoms with E-state index in [0.717, 1.165) is 12.8 Å². The summed E-state index contributed by atoms with van der Waals surface area (Å²) in [5.74, 6) is -1.19. The normalized spacial score (nSPS) is 14.9. The number of aryl methyl sites for hydroxylation is 1. The lowest BCUT2D eigenvalue weighted by Gasteiger charge is -2.38. The molecule has 4 unspecified atom stereocenters. The van der Waals surface area contributed by atoms with Gasteiger partial charge in [-0.1, -0.05) is 38.5 Å². The molecule has 0 saturated heterocycles. The number of carbonyl (C=O) groups excluding carboxylic acids is 3. The van der Waals surface area contributed by atoms with E-state index in [0.29, 0.717) is 12.0 Å². The summed E-state index contributed by atoms with van der Waals surface area (Å²) in [7, 11) is 0. The number of phenolic OH excluding ortho intramolecular Hbond substituents is 1. The number of aromatic hydroxyl groups is 1. The maximum atomic E-state index is 13.7. The number of alkyl carbamates (subject to hydrolysis) is 1. The minimum Gasteiger partial charge on any atom is -0.507 e. The van der Waals surface area contributed by atoms with Gasteiger partial charge in [-0.3, -0.25) is 9.59 Å². The Balaban J connectivity index is 3.52. The van der Waals surface area contributed by atoms with Crippen LogP contribution in [0.15, 0.2) is 18.2 Å². The highest BCUT2D eigenvalue weighted by Gasteiger charge is 2.39. The van der Waals surface area contributed by atoms with E-state index < -0.39 is 48.2 Å². The molecular formula is C26H43N3O6. The summed E-state index contributed by atoms with van der Waals surface area (Å²) in [6.45, 7) is 13.6. The van der Waals surface area contributed by atoms with Crippen LogP contribution in [-0.2, 0) is 14.3 Å². The zero-order valence-electron chi connectivity index (χ0n) is 22.3. The van der Waals surface area contributed by atoms with Gasteiger partial charge in [0.25, 0.3) is 0 Å². The van der Waals surface area contributed by atoms with Gasteiger partial charge >= 0.3 is 6.09 Å². The smallest absolute Gasteiger partial charge is 0.408 e. The van der Waals surface area contributed by atoms with Gasteiger partial charge in [-0.05, 0) is 59.9 Å². The number of aliphatic hydroxyl groups excluding tert-OH is 1. The fourth-order valence-electron chi connectivity index (χ4n) is 3.76. The van der Waals surface area contributed by atoms with Crippen molar-refractivity contribution in [2.45, 2.75) is 104 Å². The quantitative estimate of drug-likeness (QED) is 0.373. The van der Waals surface area contributed by atoms with Gasteiger partial charge in [0.2, 0.25) is 11.8 Å². The summed E-state index contributed by atoms with van der Waals surface area (Å²) in [6, 6.07) is 1.92. The predicted molar refractivity (Wildman–Crippen MR) is 135 cm³/mol. The molecule has 1 rings (SSSR count). The molecule has 0 bridgehead atoms. The number of aliphatic hydroxyl groups is 1. The fraction of sp³-hybridized carbons (Fsp3) is 0.654. The molecular weight excluding hydrogens is 450 g/mol. The largest absolute Gasteiger partial charge is 0.507 e. The molecule has 9 nitrogen and oxygen atoms in total. The van der Waals surface area contributed by atoms with E-state index in [-0.39, 0.29) is 17.4 Å². The molecule has 35 heavy (non-hydrogen) atoms. The van der Waals surface area contributed by atoms with Gasteiger partial charge in [0, 0.05) is 17.6 Å². The van der Waals surface area contributed by atoms with Crippen LogP contribution in [0.25, 0.3) is 0 Å². The molecule has 1 aromatic rings. The van der Waals surface area contributed by atoms with Crippen LogP contribution >= 0.6 is 0 Å². The first-order valence-corrected chi connectivity index (χ1v) is 12.3. The van der Waals surface area contributed by atoms with Gasteiger partial charge in [0.05, 0.1) is 6.61 Å². The van der Waals surface area contributed by atoms with Crippen molar-refractivity contribution in [3.05, 3.63) is 29.3 Å². The van der Waals surface area contributed by atoms with Crippen LogP contribution in [0.2, 0.25) is 0 Å². The van der Waals surface area contributed by atoms with Crippen molar-refractivity contribution in [3.8, 4) is 5.75 Å². The highest BCUT2D eigenvalue weighted by molar-refractivity contribution is 5.93. The first kappa shape index (κ1) is 30.2. The zero-order valence-corrected chi connectivity index (χ0v) is 22.3. The first-order chi connectivity index (χ1) is 16.3. The third kappa shape index (κ3) is 8.72. The SMILES string of the molecule is CCCC(C)NC(=O)C(c1cccc(C)c1O)N(C(=O)C(CO)NC(=O)OC(C)(C)C)C(C)CC. The second kappa shape index (κ2) is 13.3. The standard InChI is InChI=1S/C26H43N3O6/c1-9-12-17(4)27-23(32)21(19-14-11-13-16(3)22(19)31)29(18(5)10-2)24(33)20(15-30)28-25(34)35-26(6,7)8/h11,13-14,17-18,20-21,30-31H,9-10,12,15H2,1-8H3,(H,27,32)(H,28,34). The molecule has 0 radical (unpaired) electrons. The number of ether oxygens (including phenoxy) is 1. The molecule has 0 fully saturated rings. The van der Waals surface area contributed by atoms with Crippen molar-refractivity contribution in [1.29, 1.82) is 0 Å². The zero-order chi connectivity index (χ0) is 26.9. The van der Waals surface area contributed by atoms with E-state index in [1.54, 1.807) is 52.8 Å². The monoisotopic (exact) mass is 493 g/mol. The summed E-state index contributed by atoms with van der Waals surface area (Å²) in [6.07, 6.45) is 1.25. The molecule has 4 N–H and O–H groups in total. The van der Waals surface area contributed by atoms with E-state index in [1.165, 1.54) is 4.90 Å².